The topological polar surface area (TPSA) is 58.8 Å². The van der Waals surface area contributed by atoms with Crippen molar-refractivity contribution >= 4 is 5.91 Å². The number of aryl methyl sites for hydroxylation is 1. The van der Waals surface area contributed by atoms with Gasteiger partial charge in [0.1, 0.15) is 5.76 Å². The number of likely N-dealkylation sites (tertiary alicyclic amines) is 2. The van der Waals surface area contributed by atoms with Gasteiger partial charge in [-0.3, -0.25) is 9.69 Å². The standard InChI is InChI=1S/C15H23N3O3/c1-11-8-16-14(21-11)10-18-9-12(20-2)7-13(18)15(19)17-5-3-4-6-17/h8,12-13H,3-7,9-10H2,1-2H3/t12-,13-/m0/s1. The van der Waals surface area contributed by atoms with Gasteiger partial charge < -0.3 is 14.1 Å². The molecule has 0 N–H and O–H groups in total. The highest BCUT2D eigenvalue weighted by molar-refractivity contribution is 5.82. The Hall–Kier alpha value is -1.40. The summed E-state index contributed by atoms with van der Waals surface area (Å²) < 4.78 is 11.0. The number of methoxy groups -OCH3 is 1. The van der Waals surface area contributed by atoms with Gasteiger partial charge in [-0.15, -0.1) is 0 Å². The summed E-state index contributed by atoms with van der Waals surface area (Å²) in [4.78, 5) is 21.1. The SMILES string of the molecule is CO[C@H]1C[C@@H](C(=O)N2CCCC2)N(Cc2ncc(C)o2)C1. The molecule has 0 spiro atoms. The lowest BCUT2D eigenvalue weighted by Crippen LogP contribution is -2.44. The van der Waals surface area contributed by atoms with Gasteiger partial charge in [0.05, 0.1) is 24.9 Å². The first-order valence-corrected chi connectivity index (χ1v) is 7.64. The van der Waals surface area contributed by atoms with E-state index in [9.17, 15) is 4.79 Å². The summed E-state index contributed by atoms with van der Waals surface area (Å²) in [6, 6.07) is -0.111. The van der Waals surface area contributed by atoms with E-state index >= 15 is 0 Å². The van der Waals surface area contributed by atoms with Gasteiger partial charge in [-0.05, 0) is 26.2 Å². The number of hydrogen-bond acceptors (Lipinski definition) is 5. The molecule has 1 aromatic heterocycles. The molecule has 0 unspecified atom stereocenters. The second-order valence-electron chi connectivity index (χ2n) is 5.94. The molecule has 2 fully saturated rings. The molecule has 0 saturated carbocycles. The number of aromatic nitrogens is 1. The van der Waals surface area contributed by atoms with E-state index in [1.807, 2.05) is 11.8 Å². The van der Waals surface area contributed by atoms with Gasteiger partial charge in [-0.25, -0.2) is 4.98 Å². The number of hydrogen-bond donors (Lipinski definition) is 0. The van der Waals surface area contributed by atoms with E-state index in [2.05, 4.69) is 9.88 Å². The molecule has 2 aliphatic heterocycles. The fraction of sp³-hybridized carbons (Fsp3) is 0.733. The number of amides is 1. The van der Waals surface area contributed by atoms with Gasteiger partial charge in [0.15, 0.2) is 0 Å². The van der Waals surface area contributed by atoms with Crippen LogP contribution in [0.4, 0.5) is 0 Å². The fourth-order valence-electron chi connectivity index (χ4n) is 3.26. The van der Waals surface area contributed by atoms with Crippen molar-refractivity contribution in [1.29, 1.82) is 0 Å². The molecule has 1 aromatic rings. The van der Waals surface area contributed by atoms with E-state index in [-0.39, 0.29) is 18.1 Å². The molecule has 1 amide bonds. The summed E-state index contributed by atoms with van der Waals surface area (Å²) >= 11 is 0. The predicted octanol–water partition coefficient (Wildman–Crippen LogP) is 1.19. The van der Waals surface area contributed by atoms with Gasteiger partial charge in [-0.1, -0.05) is 0 Å². The molecule has 2 atom stereocenters. The Morgan fingerprint density at radius 3 is 2.86 bits per heavy atom. The maximum absolute atomic E-state index is 12.7. The maximum atomic E-state index is 12.7. The smallest absolute Gasteiger partial charge is 0.240 e. The van der Waals surface area contributed by atoms with Crippen molar-refractivity contribution in [3.05, 3.63) is 17.8 Å². The number of carbonyl (C=O) groups excluding carboxylic acids is 1. The molecule has 3 heterocycles. The first-order chi connectivity index (χ1) is 10.2. The Kier molecular flexibility index (Phi) is 4.26. The molecule has 0 radical (unpaired) electrons. The molecule has 2 aliphatic rings. The van der Waals surface area contributed by atoms with E-state index in [4.69, 9.17) is 9.15 Å². The van der Waals surface area contributed by atoms with Crippen LogP contribution in [0.1, 0.15) is 30.9 Å². The second kappa shape index (κ2) is 6.15. The maximum Gasteiger partial charge on any atom is 0.240 e. The van der Waals surface area contributed by atoms with Crippen LogP contribution in [0.25, 0.3) is 0 Å². The number of rotatable bonds is 4. The molecule has 116 valence electrons. The summed E-state index contributed by atoms with van der Waals surface area (Å²) in [5.74, 6) is 1.70. The minimum Gasteiger partial charge on any atom is -0.445 e. The van der Waals surface area contributed by atoms with Gasteiger partial charge in [0, 0.05) is 26.7 Å². The van der Waals surface area contributed by atoms with Gasteiger partial charge in [0.2, 0.25) is 11.8 Å². The Morgan fingerprint density at radius 2 is 2.24 bits per heavy atom. The van der Waals surface area contributed by atoms with Crippen LogP contribution in [0.5, 0.6) is 0 Å². The first-order valence-electron chi connectivity index (χ1n) is 7.64. The largest absolute Gasteiger partial charge is 0.445 e. The zero-order valence-corrected chi connectivity index (χ0v) is 12.7. The molecular formula is C15H23N3O3. The van der Waals surface area contributed by atoms with Crippen LogP contribution < -0.4 is 0 Å². The number of ether oxygens (including phenoxy) is 1. The third-order valence-corrected chi connectivity index (χ3v) is 4.41. The van der Waals surface area contributed by atoms with Crippen molar-refractivity contribution < 1.29 is 13.9 Å². The lowest BCUT2D eigenvalue weighted by Gasteiger charge is -2.26. The average Bonchev–Trinajstić information content (AvgIpc) is 3.19. The Balaban J connectivity index is 1.70. The summed E-state index contributed by atoms with van der Waals surface area (Å²) in [5.41, 5.74) is 0. The van der Waals surface area contributed by atoms with Crippen LogP contribution in [-0.2, 0) is 16.1 Å². The van der Waals surface area contributed by atoms with Crippen molar-refractivity contribution in [2.24, 2.45) is 0 Å². The monoisotopic (exact) mass is 293 g/mol. The third kappa shape index (κ3) is 3.11. The molecule has 6 nitrogen and oxygen atoms in total. The highest BCUT2D eigenvalue weighted by Crippen LogP contribution is 2.25. The normalized spacial score (nSPS) is 26.7. The first kappa shape index (κ1) is 14.5. The van der Waals surface area contributed by atoms with E-state index in [1.54, 1.807) is 13.3 Å². The van der Waals surface area contributed by atoms with Crippen molar-refractivity contribution in [1.82, 2.24) is 14.8 Å². The summed E-state index contributed by atoms with van der Waals surface area (Å²) in [6.07, 6.45) is 4.82. The minimum atomic E-state index is -0.111. The zero-order valence-electron chi connectivity index (χ0n) is 12.7. The van der Waals surface area contributed by atoms with Crippen molar-refractivity contribution in [3.8, 4) is 0 Å². The number of oxazole rings is 1. The molecule has 3 rings (SSSR count). The minimum absolute atomic E-state index is 0.109. The lowest BCUT2D eigenvalue weighted by atomic mass is 10.1. The Labute approximate surface area is 125 Å². The van der Waals surface area contributed by atoms with Crippen molar-refractivity contribution in [3.63, 3.8) is 0 Å². The van der Waals surface area contributed by atoms with Gasteiger partial charge in [0.25, 0.3) is 0 Å². The molecule has 0 bridgehead atoms. The molecule has 21 heavy (non-hydrogen) atoms. The highest BCUT2D eigenvalue weighted by atomic mass is 16.5. The van der Waals surface area contributed by atoms with Gasteiger partial charge >= 0.3 is 0 Å². The molecule has 0 aliphatic carbocycles. The van der Waals surface area contributed by atoms with E-state index < -0.39 is 0 Å². The van der Waals surface area contributed by atoms with E-state index in [0.29, 0.717) is 12.4 Å². The number of carbonyl (C=O) groups is 1. The quantitative estimate of drug-likeness (QED) is 0.834. The molecule has 6 heteroatoms. The van der Waals surface area contributed by atoms with Crippen LogP contribution in [0.2, 0.25) is 0 Å². The van der Waals surface area contributed by atoms with Crippen LogP contribution >= 0.6 is 0 Å². The summed E-state index contributed by atoms with van der Waals surface area (Å²) in [5, 5.41) is 0. The van der Waals surface area contributed by atoms with E-state index in [0.717, 1.165) is 44.7 Å². The number of nitrogens with zero attached hydrogens (tertiary/aromatic N) is 3. The van der Waals surface area contributed by atoms with Crippen LogP contribution in [0.3, 0.4) is 0 Å². The van der Waals surface area contributed by atoms with Gasteiger partial charge in [-0.2, -0.15) is 0 Å². The van der Waals surface area contributed by atoms with Crippen molar-refractivity contribution in [2.45, 2.75) is 44.9 Å². The highest BCUT2D eigenvalue weighted by Gasteiger charge is 2.39. The Morgan fingerprint density at radius 1 is 1.48 bits per heavy atom. The molecule has 2 saturated heterocycles. The predicted molar refractivity (Wildman–Crippen MR) is 76.7 cm³/mol. The summed E-state index contributed by atoms with van der Waals surface area (Å²) in [7, 11) is 1.71. The van der Waals surface area contributed by atoms with Crippen molar-refractivity contribution in [2.75, 3.05) is 26.7 Å². The van der Waals surface area contributed by atoms with Crippen LogP contribution in [0, 0.1) is 6.92 Å². The zero-order chi connectivity index (χ0) is 14.8. The molecular weight excluding hydrogens is 270 g/mol. The Bertz CT molecular complexity index is 496. The second-order valence-corrected chi connectivity index (χ2v) is 5.94. The third-order valence-electron chi connectivity index (χ3n) is 4.41. The fourth-order valence-corrected chi connectivity index (χ4v) is 3.26. The summed E-state index contributed by atoms with van der Waals surface area (Å²) in [6.45, 7) is 4.98. The van der Waals surface area contributed by atoms with Crippen LogP contribution in [0.15, 0.2) is 10.6 Å². The molecule has 0 aromatic carbocycles. The average molecular weight is 293 g/mol. The van der Waals surface area contributed by atoms with Crippen LogP contribution in [-0.4, -0.2) is 59.6 Å². The van der Waals surface area contributed by atoms with E-state index in [1.165, 1.54) is 0 Å². The lowest BCUT2D eigenvalue weighted by molar-refractivity contribution is -0.135.